The van der Waals surface area contributed by atoms with Crippen molar-refractivity contribution in [1.29, 1.82) is 0 Å². The summed E-state index contributed by atoms with van der Waals surface area (Å²) in [7, 11) is 0. The Balaban J connectivity index is 2.15. The fraction of sp³-hybridized carbons (Fsp3) is 0.286. The van der Waals surface area contributed by atoms with Crippen LogP contribution in [0.4, 0.5) is 4.79 Å². The molecule has 6 nitrogen and oxygen atoms in total. The molecule has 0 aliphatic carbocycles. The molecule has 1 N–H and O–H groups in total. The smallest absolute Gasteiger partial charge is 0.408 e. The summed E-state index contributed by atoms with van der Waals surface area (Å²) in [5.74, 6) is 0.386. The van der Waals surface area contributed by atoms with Crippen LogP contribution in [-0.4, -0.2) is 21.2 Å². The van der Waals surface area contributed by atoms with Gasteiger partial charge in [-0.2, -0.15) is 0 Å². The Morgan fingerprint density at radius 3 is 2.46 bits per heavy atom. The second kappa shape index (κ2) is 7.64. The maximum absolute atomic E-state index is 13.3. The molecule has 2 aromatic carbocycles. The van der Waals surface area contributed by atoms with Crippen LogP contribution >= 0.6 is 11.6 Å². The molecule has 0 fully saturated rings. The minimum absolute atomic E-state index is 0.297. The monoisotopic (exact) mass is 399 g/mol. The van der Waals surface area contributed by atoms with Crippen LogP contribution in [0, 0.1) is 0 Å². The molecule has 3 rings (SSSR count). The van der Waals surface area contributed by atoms with Crippen molar-refractivity contribution in [1.82, 2.24) is 14.9 Å². The summed E-state index contributed by atoms with van der Waals surface area (Å²) in [6, 6.07) is 13.7. The molecule has 0 bridgehead atoms. The highest BCUT2D eigenvalue weighted by atomic mass is 35.5. The number of aromatic nitrogens is 2. The van der Waals surface area contributed by atoms with Gasteiger partial charge < -0.3 is 10.1 Å². The number of fused-ring (bicyclic) bond motifs is 1. The van der Waals surface area contributed by atoms with Crippen LogP contribution in [0.15, 0.2) is 53.3 Å². The van der Waals surface area contributed by atoms with E-state index in [1.807, 2.05) is 18.2 Å². The lowest BCUT2D eigenvalue weighted by Crippen LogP contribution is -2.36. The Hall–Kier alpha value is -2.86. The third-order valence-electron chi connectivity index (χ3n) is 4.01. The van der Waals surface area contributed by atoms with E-state index in [0.29, 0.717) is 27.4 Å². The summed E-state index contributed by atoms with van der Waals surface area (Å²) in [5, 5.41) is 3.42. The molecule has 0 spiro atoms. The third-order valence-corrected chi connectivity index (χ3v) is 4.32. The Kier molecular flexibility index (Phi) is 5.42. The summed E-state index contributed by atoms with van der Waals surface area (Å²) >= 11 is 6.27. The molecule has 146 valence electrons. The fourth-order valence-corrected chi connectivity index (χ4v) is 3.12. The Morgan fingerprint density at radius 1 is 1.14 bits per heavy atom. The molecular formula is C21H22ClN3O3. The number of alkyl carbamates (subject to hydrolysis) is 1. The van der Waals surface area contributed by atoms with Crippen LogP contribution in [0.2, 0.25) is 5.02 Å². The van der Waals surface area contributed by atoms with Crippen LogP contribution in [0.5, 0.6) is 0 Å². The van der Waals surface area contributed by atoms with E-state index in [0.717, 1.165) is 0 Å². The molecule has 0 aliphatic rings. The number of nitrogens with zero attached hydrogens (tertiary/aromatic N) is 2. The van der Waals surface area contributed by atoms with Crippen molar-refractivity contribution in [3.8, 4) is 5.69 Å². The third kappa shape index (κ3) is 4.17. The summed E-state index contributed by atoms with van der Waals surface area (Å²) < 4.78 is 6.79. The lowest BCUT2D eigenvalue weighted by molar-refractivity contribution is 0.0505. The van der Waals surface area contributed by atoms with Crippen LogP contribution in [-0.2, 0) is 4.74 Å². The molecule has 0 aliphatic heterocycles. The van der Waals surface area contributed by atoms with Gasteiger partial charge in [-0.3, -0.25) is 9.36 Å². The number of hydrogen-bond donors (Lipinski definition) is 1. The van der Waals surface area contributed by atoms with Gasteiger partial charge in [0.05, 0.1) is 27.7 Å². The molecule has 28 heavy (non-hydrogen) atoms. The van der Waals surface area contributed by atoms with E-state index in [-0.39, 0.29) is 5.56 Å². The number of benzene rings is 2. The second-order valence-corrected chi connectivity index (χ2v) is 7.86. The fourth-order valence-electron chi connectivity index (χ4n) is 2.87. The lowest BCUT2D eigenvalue weighted by Gasteiger charge is -2.23. The molecule has 1 aromatic heterocycles. The molecule has 0 saturated heterocycles. The molecule has 7 heteroatoms. The molecule has 1 amide bonds. The van der Waals surface area contributed by atoms with Gasteiger partial charge in [-0.1, -0.05) is 35.9 Å². The van der Waals surface area contributed by atoms with Crippen molar-refractivity contribution in [2.75, 3.05) is 0 Å². The maximum atomic E-state index is 13.3. The molecule has 0 radical (unpaired) electrons. The SMILES string of the molecule is CC(NC(=O)OC(C)(C)C)c1nc2cccc(Cl)c2c(=O)n1-c1ccccc1. The number of amides is 1. The topological polar surface area (TPSA) is 73.2 Å². The maximum Gasteiger partial charge on any atom is 0.408 e. The zero-order valence-electron chi connectivity index (χ0n) is 16.2. The van der Waals surface area contributed by atoms with E-state index in [1.54, 1.807) is 58.0 Å². The van der Waals surface area contributed by atoms with Gasteiger partial charge >= 0.3 is 6.09 Å². The Bertz CT molecular complexity index is 1070. The van der Waals surface area contributed by atoms with Gasteiger partial charge in [0.15, 0.2) is 0 Å². The molecule has 1 atom stereocenters. The molecule has 1 heterocycles. The zero-order valence-corrected chi connectivity index (χ0v) is 16.9. The summed E-state index contributed by atoms with van der Waals surface area (Å²) in [6.07, 6.45) is -0.583. The van der Waals surface area contributed by atoms with E-state index < -0.39 is 17.7 Å². The first-order valence-corrected chi connectivity index (χ1v) is 9.31. The van der Waals surface area contributed by atoms with Crippen molar-refractivity contribution in [2.45, 2.75) is 39.3 Å². The minimum atomic E-state index is -0.632. The Morgan fingerprint density at radius 2 is 1.82 bits per heavy atom. The first kappa shape index (κ1) is 19.9. The van der Waals surface area contributed by atoms with Gasteiger partial charge in [0.1, 0.15) is 11.4 Å². The quantitative estimate of drug-likeness (QED) is 0.697. The predicted molar refractivity (Wildman–Crippen MR) is 110 cm³/mol. The lowest BCUT2D eigenvalue weighted by atomic mass is 10.2. The molecule has 0 saturated carbocycles. The number of rotatable bonds is 3. The standard InChI is InChI=1S/C21H22ClN3O3/c1-13(23-20(27)28-21(2,3)4)18-24-16-12-8-11-15(22)17(16)19(26)25(18)14-9-6-5-7-10-14/h5-13H,1-4H3,(H,23,27). The Labute approximate surface area is 168 Å². The van der Waals surface area contributed by atoms with E-state index >= 15 is 0 Å². The number of hydrogen-bond acceptors (Lipinski definition) is 4. The highest BCUT2D eigenvalue weighted by Gasteiger charge is 2.23. The van der Waals surface area contributed by atoms with E-state index in [1.165, 1.54) is 4.57 Å². The van der Waals surface area contributed by atoms with Crippen molar-refractivity contribution in [3.63, 3.8) is 0 Å². The van der Waals surface area contributed by atoms with E-state index in [2.05, 4.69) is 10.3 Å². The van der Waals surface area contributed by atoms with Crippen LogP contribution in [0.3, 0.4) is 0 Å². The van der Waals surface area contributed by atoms with Gasteiger partial charge in [-0.15, -0.1) is 0 Å². The van der Waals surface area contributed by atoms with Gasteiger partial charge in [-0.05, 0) is 52.0 Å². The molecule has 3 aromatic rings. The normalized spacial score (nSPS) is 12.6. The van der Waals surface area contributed by atoms with Crippen molar-refractivity contribution >= 4 is 28.6 Å². The number of carbonyl (C=O) groups excluding carboxylic acids is 1. The van der Waals surface area contributed by atoms with Crippen molar-refractivity contribution in [2.24, 2.45) is 0 Å². The largest absolute Gasteiger partial charge is 0.444 e. The number of carbonyl (C=O) groups is 1. The minimum Gasteiger partial charge on any atom is -0.444 e. The first-order chi connectivity index (χ1) is 13.2. The predicted octanol–water partition coefficient (Wildman–Crippen LogP) is 4.62. The number of ether oxygens (including phenoxy) is 1. The number of para-hydroxylation sites is 1. The first-order valence-electron chi connectivity index (χ1n) is 8.93. The summed E-state index contributed by atoms with van der Waals surface area (Å²) in [4.78, 5) is 30.1. The molecule has 1 unspecified atom stereocenters. The van der Waals surface area contributed by atoms with Gasteiger partial charge in [0, 0.05) is 0 Å². The van der Waals surface area contributed by atoms with Crippen LogP contribution < -0.4 is 10.9 Å². The van der Waals surface area contributed by atoms with E-state index in [4.69, 9.17) is 16.3 Å². The van der Waals surface area contributed by atoms with Crippen LogP contribution in [0.25, 0.3) is 16.6 Å². The number of nitrogens with one attached hydrogen (secondary N) is 1. The average Bonchev–Trinajstić information content (AvgIpc) is 2.60. The highest BCUT2D eigenvalue weighted by Crippen LogP contribution is 2.23. The van der Waals surface area contributed by atoms with E-state index in [9.17, 15) is 9.59 Å². The van der Waals surface area contributed by atoms with Crippen LogP contribution in [0.1, 0.15) is 39.6 Å². The van der Waals surface area contributed by atoms with Gasteiger partial charge in [0.2, 0.25) is 0 Å². The second-order valence-electron chi connectivity index (χ2n) is 7.45. The van der Waals surface area contributed by atoms with Crippen molar-refractivity contribution in [3.05, 3.63) is 69.7 Å². The number of halogens is 1. The molecular weight excluding hydrogens is 378 g/mol. The van der Waals surface area contributed by atoms with Gasteiger partial charge in [-0.25, -0.2) is 9.78 Å². The average molecular weight is 400 g/mol. The summed E-state index contributed by atoms with van der Waals surface area (Å²) in [5.41, 5.74) is 0.176. The van der Waals surface area contributed by atoms with Gasteiger partial charge in [0.25, 0.3) is 5.56 Å². The highest BCUT2D eigenvalue weighted by molar-refractivity contribution is 6.35. The zero-order chi connectivity index (χ0) is 20.5. The van der Waals surface area contributed by atoms with Crippen molar-refractivity contribution < 1.29 is 9.53 Å². The summed E-state index contributed by atoms with van der Waals surface area (Å²) in [6.45, 7) is 7.11.